The lowest BCUT2D eigenvalue weighted by molar-refractivity contribution is -0.211. The van der Waals surface area contributed by atoms with Crippen LogP contribution in [0.5, 0.6) is 5.88 Å². The van der Waals surface area contributed by atoms with Crippen molar-refractivity contribution in [3.63, 3.8) is 0 Å². The van der Waals surface area contributed by atoms with Gasteiger partial charge >= 0.3 is 5.97 Å². The highest BCUT2D eigenvalue weighted by Crippen LogP contribution is 2.40. The van der Waals surface area contributed by atoms with Crippen LogP contribution >= 0.6 is 15.9 Å². The van der Waals surface area contributed by atoms with Crippen molar-refractivity contribution >= 4 is 55.5 Å². The third-order valence-corrected chi connectivity index (χ3v) is 8.06. The van der Waals surface area contributed by atoms with E-state index in [9.17, 15) is 18.7 Å². The summed E-state index contributed by atoms with van der Waals surface area (Å²) in [4.78, 5) is 28.6. The van der Waals surface area contributed by atoms with Crippen LogP contribution in [0.4, 0.5) is 20.3 Å². The Morgan fingerprint density at radius 2 is 2.07 bits per heavy atom. The molecule has 1 spiro atoms. The van der Waals surface area contributed by atoms with Crippen molar-refractivity contribution in [2.24, 2.45) is 0 Å². The van der Waals surface area contributed by atoms with E-state index in [1.54, 1.807) is 30.5 Å². The number of ether oxygens (including phenoxy) is 3. The van der Waals surface area contributed by atoms with Gasteiger partial charge in [0.2, 0.25) is 5.88 Å². The minimum absolute atomic E-state index is 0.0101. The zero-order chi connectivity index (χ0) is 28.3. The molecule has 0 aliphatic carbocycles. The minimum Gasteiger partial charge on any atom is -0.480 e. The summed E-state index contributed by atoms with van der Waals surface area (Å²) in [6.07, 6.45) is -1.91. The van der Waals surface area contributed by atoms with Crippen molar-refractivity contribution in [2.45, 2.75) is 30.6 Å². The van der Waals surface area contributed by atoms with Gasteiger partial charge in [0.15, 0.2) is 17.2 Å². The van der Waals surface area contributed by atoms with E-state index >= 15 is 0 Å². The van der Waals surface area contributed by atoms with Crippen LogP contribution in [-0.2, 0) is 14.3 Å². The Labute approximate surface area is 240 Å². The number of fused-ring (bicyclic) bond motifs is 3. The van der Waals surface area contributed by atoms with Gasteiger partial charge in [0.25, 0.3) is 6.43 Å². The quantitative estimate of drug-likeness (QED) is 0.329. The number of alkyl halides is 2. The molecule has 1 aromatic carbocycles. The number of pyridine rings is 1. The third-order valence-electron chi connectivity index (χ3n) is 7.63. The molecular formula is C27H24BrF2N5O6. The zero-order valence-electron chi connectivity index (χ0n) is 21.5. The second kappa shape index (κ2) is 10.0. The SMILES string of the molecule is O=C(O)[C@@H]1C[C@H](Oc2ncc(Br)cc2N2CCOC3(COC3)C2)CN1c1nc(C(F)F)nc2c1oc1ccccc12. The summed E-state index contributed by atoms with van der Waals surface area (Å²) in [7, 11) is 0. The molecule has 3 saturated heterocycles. The molecule has 4 aromatic rings. The van der Waals surface area contributed by atoms with Crippen molar-refractivity contribution < 1.29 is 37.3 Å². The van der Waals surface area contributed by atoms with E-state index < -0.39 is 30.4 Å². The first-order valence-electron chi connectivity index (χ1n) is 13.1. The summed E-state index contributed by atoms with van der Waals surface area (Å²) < 4.78 is 52.2. The number of aliphatic carboxylic acids is 1. The molecule has 3 aliphatic heterocycles. The van der Waals surface area contributed by atoms with Gasteiger partial charge < -0.3 is 33.5 Å². The number of nitrogens with zero attached hydrogens (tertiary/aromatic N) is 5. The normalized spacial score (nSPS) is 22.1. The number of anilines is 2. The molecule has 2 atom stereocenters. The maximum Gasteiger partial charge on any atom is 0.326 e. The van der Waals surface area contributed by atoms with Crippen LogP contribution in [0.3, 0.4) is 0 Å². The lowest BCUT2D eigenvalue weighted by Gasteiger charge is -2.48. The summed E-state index contributed by atoms with van der Waals surface area (Å²) in [5, 5.41) is 10.7. The van der Waals surface area contributed by atoms with E-state index in [1.807, 2.05) is 6.07 Å². The van der Waals surface area contributed by atoms with Crippen molar-refractivity contribution in [2.75, 3.05) is 49.3 Å². The number of hydrogen-bond donors (Lipinski definition) is 1. The van der Waals surface area contributed by atoms with Gasteiger partial charge in [-0.05, 0) is 34.1 Å². The number of carboxylic acid groups (broad SMARTS) is 1. The van der Waals surface area contributed by atoms with Gasteiger partial charge in [-0.3, -0.25) is 0 Å². The largest absolute Gasteiger partial charge is 0.480 e. The number of para-hydroxylation sites is 1. The summed E-state index contributed by atoms with van der Waals surface area (Å²) >= 11 is 3.49. The van der Waals surface area contributed by atoms with Crippen LogP contribution in [0.1, 0.15) is 18.7 Å². The molecule has 3 fully saturated rings. The summed E-state index contributed by atoms with van der Waals surface area (Å²) in [5.41, 5.74) is 1.15. The first-order valence-corrected chi connectivity index (χ1v) is 13.9. The Balaban J connectivity index is 1.23. The van der Waals surface area contributed by atoms with Gasteiger partial charge in [-0.25, -0.2) is 28.5 Å². The molecule has 0 radical (unpaired) electrons. The minimum atomic E-state index is -2.96. The van der Waals surface area contributed by atoms with Crippen molar-refractivity contribution in [1.29, 1.82) is 0 Å². The Morgan fingerprint density at radius 1 is 1.24 bits per heavy atom. The van der Waals surface area contributed by atoms with Crippen LogP contribution in [0.25, 0.3) is 22.1 Å². The monoisotopic (exact) mass is 631 g/mol. The van der Waals surface area contributed by atoms with Gasteiger partial charge in [-0.2, -0.15) is 0 Å². The lowest BCUT2D eigenvalue weighted by atomic mass is 9.99. The lowest BCUT2D eigenvalue weighted by Crippen LogP contribution is -2.63. The van der Waals surface area contributed by atoms with E-state index in [2.05, 4.69) is 35.8 Å². The van der Waals surface area contributed by atoms with E-state index in [4.69, 9.17) is 18.6 Å². The fraction of sp³-hybridized carbons (Fsp3) is 0.407. The van der Waals surface area contributed by atoms with E-state index in [0.717, 1.165) is 10.2 Å². The Hall–Kier alpha value is -3.62. The van der Waals surface area contributed by atoms with E-state index in [1.165, 1.54) is 4.90 Å². The molecule has 0 amide bonds. The fourth-order valence-electron chi connectivity index (χ4n) is 5.68. The molecule has 0 bridgehead atoms. The number of morpholine rings is 1. The molecule has 3 aromatic heterocycles. The van der Waals surface area contributed by atoms with Crippen molar-refractivity contribution in [3.8, 4) is 5.88 Å². The number of aromatic nitrogens is 3. The average Bonchev–Trinajstić information content (AvgIpc) is 3.54. The Morgan fingerprint density at radius 3 is 2.83 bits per heavy atom. The van der Waals surface area contributed by atoms with Crippen molar-refractivity contribution in [3.05, 3.63) is 46.8 Å². The molecule has 11 nitrogen and oxygen atoms in total. The highest BCUT2D eigenvalue weighted by atomic mass is 79.9. The highest BCUT2D eigenvalue weighted by molar-refractivity contribution is 9.10. The summed E-state index contributed by atoms with van der Waals surface area (Å²) in [6, 6.07) is 7.71. The average molecular weight is 632 g/mol. The van der Waals surface area contributed by atoms with Crippen LogP contribution in [0.2, 0.25) is 0 Å². The topological polar surface area (TPSA) is 123 Å². The molecule has 0 unspecified atom stereocenters. The molecule has 7 rings (SSSR count). The Kier molecular flexibility index (Phi) is 6.43. The van der Waals surface area contributed by atoms with Crippen LogP contribution in [0.15, 0.2) is 45.4 Å². The Bertz CT molecular complexity index is 1650. The van der Waals surface area contributed by atoms with Crippen molar-refractivity contribution in [1.82, 2.24) is 15.0 Å². The van der Waals surface area contributed by atoms with Gasteiger partial charge in [-0.1, -0.05) is 12.1 Å². The second-order valence-corrected chi connectivity index (χ2v) is 11.3. The van der Waals surface area contributed by atoms with Gasteiger partial charge in [0.05, 0.1) is 32.9 Å². The molecule has 14 heteroatoms. The maximum atomic E-state index is 13.9. The zero-order valence-corrected chi connectivity index (χ0v) is 23.1. The highest BCUT2D eigenvalue weighted by Gasteiger charge is 2.45. The first kappa shape index (κ1) is 26.3. The molecule has 214 valence electrons. The predicted octanol–water partition coefficient (Wildman–Crippen LogP) is 4.19. The third kappa shape index (κ3) is 4.63. The van der Waals surface area contributed by atoms with Crippen LogP contribution < -0.4 is 14.5 Å². The van der Waals surface area contributed by atoms with Crippen LogP contribution in [0, 0.1) is 0 Å². The number of benzene rings is 1. The molecule has 3 aliphatic rings. The number of halogens is 3. The predicted molar refractivity (Wildman–Crippen MR) is 146 cm³/mol. The number of rotatable bonds is 6. The number of carboxylic acids is 1. The standard InChI is InChI=1S/C27H24BrF2N5O6/c28-14-7-17(34-5-6-39-27(11-34)12-38-13-27)25(31-9-14)40-15-8-18(26(36)37)35(10-15)24-21-20(32-23(33-24)22(29)30)16-3-1-2-4-19(16)41-21/h1-4,7,9,15,18,22H,5-6,8,10-13H2,(H,36,37)/t15-,18-/m0/s1. The summed E-state index contributed by atoms with van der Waals surface area (Å²) in [5.74, 6) is -1.51. The first-order chi connectivity index (χ1) is 19.8. The van der Waals surface area contributed by atoms with Crippen LogP contribution in [-0.4, -0.2) is 83.2 Å². The smallest absolute Gasteiger partial charge is 0.326 e. The molecule has 0 saturated carbocycles. The molecular weight excluding hydrogens is 608 g/mol. The van der Waals surface area contributed by atoms with E-state index in [0.29, 0.717) is 49.8 Å². The number of hydrogen-bond acceptors (Lipinski definition) is 10. The van der Waals surface area contributed by atoms with Gasteiger partial charge in [-0.15, -0.1) is 0 Å². The molecule has 1 N–H and O–H groups in total. The van der Waals surface area contributed by atoms with Gasteiger partial charge in [0.1, 0.15) is 34.5 Å². The number of furan rings is 1. The number of carbonyl (C=O) groups is 1. The summed E-state index contributed by atoms with van der Waals surface area (Å²) in [6.45, 7) is 2.80. The second-order valence-electron chi connectivity index (χ2n) is 10.4. The van der Waals surface area contributed by atoms with E-state index in [-0.39, 0.29) is 35.5 Å². The molecule has 41 heavy (non-hydrogen) atoms. The fourth-order valence-corrected chi connectivity index (χ4v) is 6.00. The maximum absolute atomic E-state index is 13.9. The molecule has 6 heterocycles. The van der Waals surface area contributed by atoms with Gasteiger partial charge in [0, 0.05) is 29.0 Å².